The molecule has 1 N–H and O–H groups in total. The van der Waals surface area contributed by atoms with Gasteiger partial charge in [0.2, 0.25) is 0 Å². The number of β-amino-alcohol motifs (C(OH)–C–C–N with tert-alkyl or cyclic N) is 1. The van der Waals surface area contributed by atoms with Crippen LogP contribution in [-0.4, -0.2) is 90.6 Å². The van der Waals surface area contributed by atoms with Crippen LogP contribution in [0.2, 0.25) is 0 Å². The Morgan fingerprint density at radius 3 is 1.89 bits per heavy atom. The molecule has 0 radical (unpaired) electrons. The molecule has 0 amide bonds. The molecule has 0 bridgehead atoms. The second-order valence-electron chi connectivity index (χ2n) is 8.00. The van der Waals surface area contributed by atoms with Gasteiger partial charge in [0, 0.05) is 25.1 Å². The van der Waals surface area contributed by atoms with Gasteiger partial charge >= 0.3 is 35.8 Å². The second kappa shape index (κ2) is 10.5. The highest BCUT2D eigenvalue weighted by molar-refractivity contribution is 5.99. The average Bonchev–Trinajstić information content (AvgIpc) is 3.24. The molecule has 1 aliphatic heterocycles. The Kier molecular flexibility index (Phi) is 8.74. The number of amidine groups is 1. The topological polar surface area (TPSA) is 45.1 Å². The number of ether oxygens (including phenoxy) is 1. The van der Waals surface area contributed by atoms with Crippen molar-refractivity contribution in [1.29, 1.82) is 0 Å². The van der Waals surface area contributed by atoms with E-state index < -0.39 is 61.5 Å². The van der Waals surface area contributed by atoms with E-state index in [9.17, 15) is 62.2 Å². The number of aliphatic hydroxyl groups excluding tert-OH is 1. The molecule has 1 atom stereocenters. The zero-order chi connectivity index (χ0) is 28.5. The predicted octanol–water partition coefficient (Wildman–Crippen LogP) is 5.26. The monoisotopic (exact) mass is 566 g/mol. The Morgan fingerprint density at radius 2 is 1.35 bits per heavy atom. The summed E-state index contributed by atoms with van der Waals surface area (Å²) in [5.41, 5.74) is 0.670. The van der Waals surface area contributed by atoms with E-state index in [-0.39, 0.29) is 6.54 Å². The van der Waals surface area contributed by atoms with Crippen LogP contribution < -0.4 is 0 Å². The summed E-state index contributed by atoms with van der Waals surface area (Å²) in [6, 6.07) is 8.53. The molecular weight excluding hydrogens is 547 g/mol. The number of benzene rings is 1. The largest absolute Gasteiger partial charge is 0.460 e. The molecule has 37 heavy (non-hydrogen) atoms. The maximum Gasteiger partial charge on any atom is 0.460 e. The van der Waals surface area contributed by atoms with Gasteiger partial charge in [0.1, 0.15) is 5.84 Å². The van der Waals surface area contributed by atoms with Crippen LogP contribution >= 0.6 is 0 Å². The van der Waals surface area contributed by atoms with Gasteiger partial charge in [-0.2, -0.15) is 57.1 Å². The first-order valence-electron chi connectivity index (χ1n) is 10.3. The van der Waals surface area contributed by atoms with Crippen LogP contribution in [0.1, 0.15) is 12.0 Å². The fourth-order valence-electron chi connectivity index (χ4n) is 3.21. The summed E-state index contributed by atoms with van der Waals surface area (Å²) in [5, 5.41) is 10.00. The van der Waals surface area contributed by atoms with Crippen LogP contribution in [0.4, 0.5) is 57.1 Å². The third-order valence-electron chi connectivity index (χ3n) is 5.26. The van der Waals surface area contributed by atoms with Crippen molar-refractivity contribution >= 4 is 5.84 Å². The van der Waals surface area contributed by atoms with E-state index in [1.165, 1.54) is 0 Å². The van der Waals surface area contributed by atoms with Gasteiger partial charge in [0.05, 0.1) is 25.9 Å². The Balaban J connectivity index is 1.98. The molecule has 17 heteroatoms. The number of hydrogen-bond acceptors (Lipinski definition) is 4. The van der Waals surface area contributed by atoms with E-state index in [0.29, 0.717) is 24.5 Å². The van der Waals surface area contributed by atoms with Gasteiger partial charge in [-0.15, -0.1) is 0 Å². The quantitative estimate of drug-likeness (QED) is 0.278. The van der Waals surface area contributed by atoms with Crippen molar-refractivity contribution in [2.75, 3.05) is 32.8 Å². The normalized spacial score (nSPS) is 17.2. The van der Waals surface area contributed by atoms with Gasteiger partial charge in [-0.25, -0.2) is 0 Å². The van der Waals surface area contributed by atoms with E-state index in [1.54, 1.807) is 35.2 Å². The van der Waals surface area contributed by atoms with Crippen LogP contribution in [0.5, 0.6) is 0 Å². The lowest BCUT2D eigenvalue weighted by Crippen LogP contribution is -2.70. The minimum atomic E-state index is -7.93. The molecule has 212 valence electrons. The lowest BCUT2D eigenvalue weighted by molar-refractivity contribution is -0.440. The highest BCUT2D eigenvalue weighted by Gasteiger charge is 2.90. The average molecular weight is 566 g/mol. The Hall–Kier alpha value is -2.30. The number of aliphatic imine (C=N–C) groups is 1. The van der Waals surface area contributed by atoms with E-state index in [1.807, 2.05) is 0 Å². The van der Waals surface area contributed by atoms with Crippen molar-refractivity contribution in [2.45, 2.75) is 48.3 Å². The maximum absolute atomic E-state index is 13.7. The van der Waals surface area contributed by atoms with E-state index in [0.717, 1.165) is 0 Å². The van der Waals surface area contributed by atoms with Crippen molar-refractivity contribution < 1.29 is 66.9 Å². The molecule has 1 aromatic carbocycles. The molecule has 0 aliphatic carbocycles. The van der Waals surface area contributed by atoms with Crippen molar-refractivity contribution in [3.8, 4) is 0 Å². The predicted molar refractivity (Wildman–Crippen MR) is 102 cm³/mol. The fourth-order valence-corrected chi connectivity index (χ4v) is 3.21. The molecule has 4 nitrogen and oxygen atoms in total. The molecule has 2 rings (SSSR count). The van der Waals surface area contributed by atoms with Crippen molar-refractivity contribution in [2.24, 2.45) is 4.99 Å². The summed E-state index contributed by atoms with van der Waals surface area (Å²) in [6.45, 7) is -1.94. The number of hydrogen-bond donors (Lipinski definition) is 1. The third-order valence-corrected chi connectivity index (χ3v) is 5.26. The fraction of sp³-hybridized carbons (Fsp3) is 0.650. The number of alkyl halides is 13. The summed E-state index contributed by atoms with van der Waals surface area (Å²) in [4.78, 5) is 5.79. The maximum atomic E-state index is 13.7. The molecule has 0 spiro atoms. The molecule has 0 saturated carbocycles. The van der Waals surface area contributed by atoms with Crippen LogP contribution in [0, 0.1) is 0 Å². The number of aliphatic hydroxyl groups is 1. The summed E-state index contributed by atoms with van der Waals surface area (Å²) in [6.07, 6.45) is -11.4. The molecule has 0 fully saturated rings. The highest BCUT2D eigenvalue weighted by Crippen LogP contribution is 2.60. The molecule has 0 aromatic heterocycles. The van der Waals surface area contributed by atoms with E-state index in [2.05, 4.69) is 9.73 Å². The van der Waals surface area contributed by atoms with Crippen molar-refractivity contribution in [3.05, 3.63) is 35.9 Å². The van der Waals surface area contributed by atoms with Gasteiger partial charge in [0.15, 0.2) is 0 Å². The number of rotatable bonds is 12. The molecule has 1 aromatic rings. The Morgan fingerprint density at radius 1 is 0.811 bits per heavy atom. The van der Waals surface area contributed by atoms with E-state index in [4.69, 9.17) is 0 Å². The summed E-state index contributed by atoms with van der Waals surface area (Å²) in [7, 11) is 0. The molecule has 1 aliphatic rings. The summed E-state index contributed by atoms with van der Waals surface area (Å²) < 4.78 is 175. The van der Waals surface area contributed by atoms with Gasteiger partial charge in [-0.1, -0.05) is 30.3 Å². The Bertz CT molecular complexity index is 936. The molecule has 0 unspecified atom stereocenters. The molecule has 1 heterocycles. The third kappa shape index (κ3) is 5.76. The van der Waals surface area contributed by atoms with Gasteiger partial charge in [-0.3, -0.25) is 4.99 Å². The van der Waals surface area contributed by atoms with Crippen molar-refractivity contribution in [3.63, 3.8) is 0 Å². The van der Waals surface area contributed by atoms with Gasteiger partial charge in [0.25, 0.3) is 0 Å². The first-order chi connectivity index (χ1) is 16.7. The lowest BCUT2D eigenvalue weighted by Gasteiger charge is -2.39. The zero-order valence-electron chi connectivity index (χ0n) is 18.4. The Labute approximate surface area is 200 Å². The highest BCUT2D eigenvalue weighted by atomic mass is 19.4. The van der Waals surface area contributed by atoms with E-state index >= 15 is 0 Å². The molecule has 0 saturated heterocycles. The van der Waals surface area contributed by atoms with Gasteiger partial charge < -0.3 is 14.7 Å². The summed E-state index contributed by atoms with van der Waals surface area (Å²) >= 11 is 0. The SMILES string of the molecule is O[C@H](COCCC(F)(F)C(F)(F)C(F)(F)C(F)(F)C(F)(F)C(F)(F)F)CN1CCN=C1c1ccccc1. The standard InChI is InChI=1S/C20H19F13N2O2/c21-15(22,16(23,24)17(25,26)18(27,28)19(29,30)20(31,32)33)6-9-37-11-13(36)10-35-8-7-34-14(35)12-4-2-1-3-5-12/h1-5,13,36H,6-11H2/t13-/m0/s1. The first-order valence-corrected chi connectivity index (χ1v) is 10.3. The van der Waals surface area contributed by atoms with Crippen LogP contribution in [-0.2, 0) is 4.74 Å². The smallest absolute Gasteiger partial charge is 0.389 e. The first kappa shape index (κ1) is 30.9. The van der Waals surface area contributed by atoms with Crippen molar-refractivity contribution in [1.82, 2.24) is 4.90 Å². The van der Waals surface area contributed by atoms with Crippen LogP contribution in [0.25, 0.3) is 0 Å². The summed E-state index contributed by atoms with van der Waals surface area (Å²) in [5.74, 6) is -36.6. The lowest BCUT2D eigenvalue weighted by atomic mass is 9.93. The molecular formula is C20H19F13N2O2. The van der Waals surface area contributed by atoms with Crippen LogP contribution in [0.3, 0.4) is 0 Å². The second-order valence-corrected chi connectivity index (χ2v) is 8.00. The van der Waals surface area contributed by atoms with Gasteiger partial charge in [-0.05, 0) is 0 Å². The number of nitrogens with zero attached hydrogens (tertiary/aromatic N) is 2. The minimum Gasteiger partial charge on any atom is -0.389 e. The minimum absolute atomic E-state index is 0.197. The number of halogens is 13. The zero-order valence-corrected chi connectivity index (χ0v) is 18.4. The van der Waals surface area contributed by atoms with Crippen LogP contribution in [0.15, 0.2) is 35.3 Å².